The minimum Gasteiger partial charge on any atom is -0.462 e. The molecule has 0 spiro atoms. The number of anilines is 1. The highest BCUT2D eigenvalue weighted by Gasteiger charge is 2.29. The van der Waals surface area contributed by atoms with Crippen LogP contribution in [0.4, 0.5) is 5.69 Å². The van der Waals surface area contributed by atoms with E-state index in [1.54, 1.807) is 17.0 Å². The molecule has 2 aromatic carbocycles. The Morgan fingerprint density at radius 2 is 1.54 bits per heavy atom. The summed E-state index contributed by atoms with van der Waals surface area (Å²) in [6, 6.07) is 16.6. The van der Waals surface area contributed by atoms with E-state index in [2.05, 4.69) is 17.4 Å². The minimum atomic E-state index is -1.51. The van der Waals surface area contributed by atoms with Gasteiger partial charge in [-0.1, -0.05) is 55.0 Å². The lowest BCUT2D eigenvalue weighted by atomic mass is 9.87. The van der Waals surface area contributed by atoms with Crippen molar-refractivity contribution in [1.29, 1.82) is 0 Å². The van der Waals surface area contributed by atoms with Gasteiger partial charge in [-0.3, -0.25) is 9.59 Å². The Morgan fingerprint density at radius 1 is 0.946 bits per heavy atom. The number of aliphatic hydroxyl groups is 1. The van der Waals surface area contributed by atoms with Crippen LogP contribution in [0.3, 0.4) is 0 Å². The minimum absolute atomic E-state index is 0.0333. The Balaban J connectivity index is 1.44. The summed E-state index contributed by atoms with van der Waals surface area (Å²) in [5, 5.41) is 11.1. The van der Waals surface area contributed by atoms with Crippen LogP contribution in [-0.4, -0.2) is 67.2 Å². The van der Waals surface area contributed by atoms with Gasteiger partial charge in [-0.15, -0.1) is 6.42 Å². The molecule has 2 aromatic rings. The number of amides is 1. The van der Waals surface area contributed by atoms with Crippen LogP contribution in [0, 0.1) is 12.3 Å². The third kappa shape index (κ3) is 7.21. The molecule has 3 rings (SSSR count). The lowest BCUT2D eigenvalue weighted by Crippen LogP contribution is -2.48. The summed E-state index contributed by atoms with van der Waals surface area (Å²) in [7, 11) is 0. The van der Waals surface area contributed by atoms with Gasteiger partial charge in [0.25, 0.3) is 0 Å². The molecule has 1 N–H and O–H groups in total. The van der Waals surface area contributed by atoms with E-state index in [0.29, 0.717) is 37.3 Å². The molecule has 1 heterocycles. The van der Waals surface area contributed by atoms with E-state index in [-0.39, 0.29) is 37.5 Å². The lowest BCUT2D eigenvalue weighted by Gasteiger charge is -2.36. The second kappa shape index (κ2) is 12.7. The first-order valence-corrected chi connectivity index (χ1v) is 12.1. The molecule has 8 heteroatoms. The van der Waals surface area contributed by atoms with Crippen LogP contribution >= 0.6 is 0 Å². The maximum Gasteiger partial charge on any atom is 0.333 e. The molecular weight excluding hydrogens is 472 g/mol. The van der Waals surface area contributed by atoms with Gasteiger partial charge >= 0.3 is 11.9 Å². The molecule has 1 aliphatic heterocycles. The van der Waals surface area contributed by atoms with Gasteiger partial charge in [0.05, 0.1) is 6.42 Å². The molecule has 194 valence electrons. The van der Waals surface area contributed by atoms with E-state index < -0.39 is 17.5 Å². The van der Waals surface area contributed by atoms with Crippen molar-refractivity contribution in [2.45, 2.75) is 25.4 Å². The Bertz CT molecular complexity index is 1150. The van der Waals surface area contributed by atoms with E-state index in [4.69, 9.17) is 15.9 Å². The zero-order chi connectivity index (χ0) is 26.8. The number of ether oxygens (including phenoxy) is 2. The molecule has 1 saturated heterocycles. The van der Waals surface area contributed by atoms with E-state index in [0.717, 1.165) is 5.69 Å². The smallest absolute Gasteiger partial charge is 0.333 e. The van der Waals surface area contributed by atoms with Gasteiger partial charge in [-0.25, -0.2) is 4.79 Å². The molecule has 1 aliphatic rings. The van der Waals surface area contributed by atoms with Gasteiger partial charge in [-0.2, -0.15) is 0 Å². The van der Waals surface area contributed by atoms with Crippen molar-refractivity contribution in [3.05, 3.63) is 77.9 Å². The predicted molar refractivity (Wildman–Crippen MR) is 139 cm³/mol. The van der Waals surface area contributed by atoms with E-state index in [1.165, 1.54) is 6.92 Å². The normalized spacial score (nSPS) is 14.7. The first-order valence-electron chi connectivity index (χ1n) is 12.1. The van der Waals surface area contributed by atoms with Gasteiger partial charge in [0.15, 0.2) is 5.60 Å². The lowest BCUT2D eigenvalue weighted by molar-refractivity contribution is -0.151. The zero-order valence-electron chi connectivity index (χ0n) is 21.0. The van der Waals surface area contributed by atoms with Gasteiger partial charge in [-0.05, 0) is 19.1 Å². The second-order valence-corrected chi connectivity index (χ2v) is 8.77. The highest BCUT2D eigenvalue weighted by Crippen LogP contribution is 2.30. The summed E-state index contributed by atoms with van der Waals surface area (Å²) >= 11 is 0. The summed E-state index contributed by atoms with van der Waals surface area (Å²) in [5.74, 6) is 1.35. The SMILES string of the molecule is C#CC(O)(c1ccccc1)c1ccc(N2CCN(C(=O)CCC(=O)OCCOC(=O)C(=C)C)CC2)cc1. The quantitative estimate of drug-likeness (QED) is 0.230. The highest BCUT2D eigenvalue weighted by molar-refractivity contribution is 5.87. The molecule has 1 fully saturated rings. The number of esters is 2. The molecule has 8 nitrogen and oxygen atoms in total. The third-order valence-corrected chi connectivity index (χ3v) is 6.15. The van der Waals surface area contributed by atoms with Crippen molar-refractivity contribution in [2.24, 2.45) is 0 Å². The number of nitrogens with zero attached hydrogens (tertiary/aromatic N) is 2. The molecule has 1 unspecified atom stereocenters. The van der Waals surface area contributed by atoms with Crippen LogP contribution < -0.4 is 4.90 Å². The fourth-order valence-electron chi connectivity index (χ4n) is 3.99. The number of rotatable bonds is 10. The number of piperazine rings is 1. The van der Waals surface area contributed by atoms with Crippen molar-refractivity contribution >= 4 is 23.5 Å². The summed E-state index contributed by atoms with van der Waals surface area (Å²) in [6.45, 7) is 7.23. The highest BCUT2D eigenvalue weighted by atomic mass is 16.6. The van der Waals surface area contributed by atoms with Crippen molar-refractivity contribution in [3.8, 4) is 12.3 Å². The number of hydrogen-bond donors (Lipinski definition) is 1. The van der Waals surface area contributed by atoms with Crippen molar-refractivity contribution in [1.82, 2.24) is 4.90 Å². The van der Waals surface area contributed by atoms with Crippen LogP contribution in [0.1, 0.15) is 30.9 Å². The van der Waals surface area contributed by atoms with E-state index in [9.17, 15) is 19.5 Å². The Kier molecular flexibility index (Phi) is 9.47. The largest absolute Gasteiger partial charge is 0.462 e. The van der Waals surface area contributed by atoms with Crippen LogP contribution in [0.25, 0.3) is 0 Å². The number of carbonyl (C=O) groups is 3. The van der Waals surface area contributed by atoms with Crippen LogP contribution in [0.5, 0.6) is 0 Å². The number of benzene rings is 2. The maximum atomic E-state index is 12.5. The fourth-order valence-corrected chi connectivity index (χ4v) is 3.99. The van der Waals surface area contributed by atoms with Gasteiger partial charge in [0, 0.05) is 55.0 Å². The van der Waals surface area contributed by atoms with Gasteiger partial charge in [0.1, 0.15) is 13.2 Å². The zero-order valence-corrected chi connectivity index (χ0v) is 21.0. The van der Waals surface area contributed by atoms with Crippen molar-refractivity contribution in [2.75, 3.05) is 44.3 Å². The van der Waals surface area contributed by atoms with Gasteiger partial charge < -0.3 is 24.4 Å². The molecular formula is C29H32N2O6. The summed E-state index contributed by atoms with van der Waals surface area (Å²) in [5.41, 5.74) is 0.973. The fraction of sp³-hybridized carbons (Fsp3) is 0.345. The maximum absolute atomic E-state index is 12.5. The molecule has 1 amide bonds. The van der Waals surface area contributed by atoms with E-state index >= 15 is 0 Å². The number of hydrogen-bond acceptors (Lipinski definition) is 7. The summed E-state index contributed by atoms with van der Waals surface area (Å²) in [4.78, 5) is 39.6. The molecule has 1 atom stereocenters. The van der Waals surface area contributed by atoms with Crippen molar-refractivity contribution < 1.29 is 29.0 Å². The molecule has 0 bridgehead atoms. The Labute approximate surface area is 217 Å². The van der Waals surface area contributed by atoms with Crippen LogP contribution in [0.2, 0.25) is 0 Å². The van der Waals surface area contributed by atoms with E-state index in [1.807, 2.05) is 42.5 Å². The summed E-state index contributed by atoms with van der Waals surface area (Å²) in [6.07, 6.45) is 5.72. The molecule has 37 heavy (non-hydrogen) atoms. The molecule has 0 radical (unpaired) electrons. The standard InChI is InChI=1S/C29H32N2O6/c1-4-29(35,23-8-6-5-7-9-23)24-10-12-25(13-11-24)30-16-18-31(19-17-30)26(32)14-15-27(33)36-20-21-37-28(34)22(2)3/h1,5-13,35H,2,14-21H2,3H3. The van der Waals surface area contributed by atoms with Crippen molar-refractivity contribution in [3.63, 3.8) is 0 Å². The molecule has 0 saturated carbocycles. The van der Waals surface area contributed by atoms with Crippen LogP contribution in [0.15, 0.2) is 66.7 Å². The Hall–Kier alpha value is -4.09. The number of carbonyl (C=O) groups excluding carboxylic acids is 3. The topological polar surface area (TPSA) is 96.4 Å². The first kappa shape index (κ1) is 27.5. The Morgan fingerprint density at radius 3 is 2.14 bits per heavy atom. The number of terminal acetylenes is 1. The third-order valence-electron chi connectivity index (χ3n) is 6.15. The first-order chi connectivity index (χ1) is 17.7. The summed E-state index contributed by atoms with van der Waals surface area (Å²) < 4.78 is 9.85. The average molecular weight is 505 g/mol. The van der Waals surface area contributed by atoms with Gasteiger partial charge in [0.2, 0.25) is 5.91 Å². The average Bonchev–Trinajstić information content (AvgIpc) is 2.94. The second-order valence-electron chi connectivity index (χ2n) is 8.77. The molecule has 0 aromatic heterocycles. The molecule has 0 aliphatic carbocycles. The predicted octanol–water partition coefficient (Wildman–Crippen LogP) is 2.65. The monoisotopic (exact) mass is 504 g/mol. The van der Waals surface area contributed by atoms with Crippen LogP contribution in [-0.2, 0) is 29.5 Å².